The van der Waals surface area contributed by atoms with E-state index in [4.69, 9.17) is 24.3 Å². The third-order valence-electron chi connectivity index (χ3n) is 7.77. The summed E-state index contributed by atoms with van der Waals surface area (Å²) in [5.41, 5.74) is 5.33. The molecule has 0 rings (SSSR count). The lowest BCUT2D eigenvalue weighted by Crippen LogP contribution is -2.29. The number of allylic oxidation sites excluding steroid dienone is 14. The van der Waals surface area contributed by atoms with E-state index in [2.05, 4.69) is 98.9 Å². The topological polar surface area (TPSA) is 134 Å². The molecule has 0 heterocycles. The van der Waals surface area contributed by atoms with Crippen LogP contribution in [0.5, 0.6) is 0 Å². The molecule has 53 heavy (non-hydrogen) atoms. The molecule has 3 N–H and O–H groups in total. The SMILES string of the molecule is CCC=CCC=CCC=CCC=CCCCCCCC(=O)OC[C@H](COP(=O)(O)OCCN)OC(=O)CCCCC=CCC=CCC=CCCCCC. The van der Waals surface area contributed by atoms with Gasteiger partial charge in [-0.25, -0.2) is 4.57 Å². The fourth-order valence-electron chi connectivity index (χ4n) is 4.81. The lowest BCUT2D eigenvalue weighted by molar-refractivity contribution is -0.161. The van der Waals surface area contributed by atoms with Crippen molar-refractivity contribution >= 4 is 19.8 Å². The van der Waals surface area contributed by atoms with Crippen molar-refractivity contribution in [2.45, 2.75) is 148 Å². The molecule has 0 aliphatic heterocycles. The highest BCUT2D eigenvalue weighted by Gasteiger charge is 2.25. The molecule has 0 radical (unpaired) electrons. The van der Waals surface area contributed by atoms with Gasteiger partial charge < -0.3 is 20.1 Å². The summed E-state index contributed by atoms with van der Waals surface area (Å²) in [6.45, 7) is 3.48. The van der Waals surface area contributed by atoms with Gasteiger partial charge in [-0.3, -0.25) is 18.6 Å². The second-order valence-corrected chi connectivity index (χ2v) is 14.2. The molecule has 0 aromatic heterocycles. The Balaban J connectivity index is 4.33. The van der Waals surface area contributed by atoms with Crippen LogP contribution in [0.15, 0.2) is 85.1 Å². The van der Waals surface area contributed by atoms with Gasteiger partial charge in [0.1, 0.15) is 6.61 Å². The number of unbranched alkanes of at least 4 members (excludes halogenated alkanes) is 9. The van der Waals surface area contributed by atoms with E-state index in [1.807, 2.05) is 0 Å². The van der Waals surface area contributed by atoms with Crippen LogP contribution < -0.4 is 5.73 Å². The van der Waals surface area contributed by atoms with Gasteiger partial charge in [-0.2, -0.15) is 0 Å². The van der Waals surface area contributed by atoms with Crippen molar-refractivity contribution in [2.75, 3.05) is 26.4 Å². The molecule has 0 aromatic rings. The highest BCUT2D eigenvalue weighted by molar-refractivity contribution is 7.47. The lowest BCUT2D eigenvalue weighted by Gasteiger charge is -2.19. The molecule has 0 aliphatic carbocycles. The Labute approximate surface area is 322 Å². The van der Waals surface area contributed by atoms with Crippen LogP contribution in [0.3, 0.4) is 0 Å². The van der Waals surface area contributed by atoms with Gasteiger partial charge in [0.15, 0.2) is 6.10 Å². The van der Waals surface area contributed by atoms with Crippen molar-refractivity contribution in [3.63, 3.8) is 0 Å². The van der Waals surface area contributed by atoms with Crippen LogP contribution >= 0.6 is 7.82 Å². The van der Waals surface area contributed by atoms with E-state index >= 15 is 0 Å². The minimum absolute atomic E-state index is 0.0388. The zero-order valence-corrected chi connectivity index (χ0v) is 33.9. The summed E-state index contributed by atoms with van der Waals surface area (Å²) >= 11 is 0. The molecule has 2 atom stereocenters. The maximum atomic E-state index is 12.5. The van der Waals surface area contributed by atoms with Crippen molar-refractivity contribution in [3.05, 3.63) is 85.1 Å². The number of esters is 2. The molecule has 9 nitrogen and oxygen atoms in total. The first-order valence-electron chi connectivity index (χ1n) is 20.1. The van der Waals surface area contributed by atoms with Crippen LogP contribution in [0.1, 0.15) is 142 Å². The Hall–Kier alpha value is -2.81. The van der Waals surface area contributed by atoms with E-state index in [0.29, 0.717) is 12.8 Å². The number of rotatable bonds is 36. The average molecular weight is 762 g/mol. The van der Waals surface area contributed by atoms with E-state index in [1.54, 1.807) is 0 Å². The van der Waals surface area contributed by atoms with Gasteiger partial charge in [-0.1, -0.05) is 125 Å². The fourth-order valence-corrected chi connectivity index (χ4v) is 5.57. The third kappa shape index (κ3) is 38.7. The first-order valence-corrected chi connectivity index (χ1v) is 21.6. The summed E-state index contributed by atoms with van der Waals surface area (Å²) in [6, 6.07) is 0. The molecule has 0 aromatic carbocycles. The van der Waals surface area contributed by atoms with E-state index in [9.17, 15) is 19.0 Å². The summed E-state index contributed by atoms with van der Waals surface area (Å²) < 4.78 is 32.6. The maximum absolute atomic E-state index is 12.5. The normalized spacial score (nSPS) is 14.3. The molecule has 0 saturated carbocycles. The molecule has 0 saturated heterocycles. The Morgan fingerprint density at radius 3 is 1.57 bits per heavy atom. The molecule has 0 bridgehead atoms. The van der Waals surface area contributed by atoms with Crippen LogP contribution in [0.25, 0.3) is 0 Å². The quantitative estimate of drug-likeness (QED) is 0.0277. The number of phosphoric ester groups is 1. The van der Waals surface area contributed by atoms with Gasteiger partial charge in [0, 0.05) is 19.4 Å². The molecule has 0 aliphatic rings. The second kappa shape index (κ2) is 38.9. The zero-order valence-electron chi connectivity index (χ0n) is 33.0. The zero-order chi connectivity index (χ0) is 38.9. The largest absolute Gasteiger partial charge is 0.472 e. The summed E-state index contributed by atoms with van der Waals surface area (Å²) in [4.78, 5) is 34.8. The smallest absolute Gasteiger partial charge is 0.462 e. The van der Waals surface area contributed by atoms with Crippen LogP contribution in [-0.4, -0.2) is 49.3 Å². The van der Waals surface area contributed by atoms with Gasteiger partial charge in [0.2, 0.25) is 0 Å². The van der Waals surface area contributed by atoms with E-state index in [0.717, 1.165) is 83.5 Å². The Bertz CT molecular complexity index is 1140. The summed E-state index contributed by atoms with van der Waals surface area (Å²) in [6.07, 6.45) is 47.6. The molecule has 10 heteroatoms. The average Bonchev–Trinajstić information content (AvgIpc) is 3.14. The third-order valence-corrected chi connectivity index (χ3v) is 8.75. The van der Waals surface area contributed by atoms with Gasteiger partial charge in [-0.15, -0.1) is 0 Å². The number of phosphoric acid groups is 1. The predicted octanol–water partition coefficient (Wildman–Crippen LogP) is 11.3. The molecular formula is C43H72NO8P. The summed E-state index contributed by atoms with van der Waals surface area (Å²) in [7, 11) is -4.40. The highest BCUT2D eigenvalue weighted by Crippen LogP contribution is 2.43. The molecule has 302 valence electrons. The second-order valence-electron chi connectivity index (χ2n) is 12.8. The van der Waals surface area contributed by atoms with Gasteiger partial charge in [0.25, 0.3) is 0 Å². The molecule has 0 amide bonds. The molecular weight excluding hydrogens is 689 g/mol. The van der Waals surface area contributed by atoms with E-state index in [1.165, 1.54) is 19.3 Å². The number of carbonyl (C=O) groups excluding carboxylic acids is 2. The summed E-state index contributed by atoms with van der Waals surface area (Å²) in [5, 5.41) is 0. The number of nitrogens with two attached hydrogens (primary N) is 1. The standard InChI is InChI=1S/C43H72NO8P/c1-3-5-7-9-11-13-15-17-19-20-22-23-25-27-29-31-33-35-42(45)49-39-41(40-51-53(47,48)50-38-37-44)52-43(46)36-34-32-30-28-26-24-21-18-16-14-12-10-8-6-4-2/h5,7,11-14,17-19,21-23,26,28,41H,3-4,6,8-10,15-16,20,24-25,27,29-40,44H2,1-2H3,(H,47,48)/t41-/m1/s1. The molecule has 0 spiro atoms. The Morgan fingerprint density at radius 1 is 0.585 bits per heavy atom. The highest BCUT2D eigenvalue weighted by atomic mass is 31.2. The number of hydrogen-bond donors (Lipinski definition) is 2. The van der Waals surface area contributed by atoms with Crippen molar-refractivity contribution in [1.29, 1.82) is 0 Å². The summed E-state index contributed by atoms with van der Waals surface area (Å²) in [5.74, 6) is -0.912. The Morgan fingerprint density at radius 2 is 1.04 bits per heavy atom. The first kappa shape index (κ1) is 50.2. The minimum Gasteiger partial charge on any atom is -0.462 e. The van der Waals surface area contributed by atoms with E-state index in [-0.39, 0.29) is 32.6 Å². The lowest BCUT2D eigenvalue weighted by atomic mass is 10.1. The van der Waals surface area contributed by atoms with Crippen molar-refractivity contribution in [2.24, 2.45) is 5.73 Å². The van der Waals surface area contributed by atoms with Gasteiger partial charge in [-0.05, 0) is 89.9 Å². The minimum atomic E-state index is -4.40. The van der Waals surface area contributed by atoms with Crippen LogP contribution in [-0.2, 0) is 32.7 Å². The predicted molar refractivity (Wildman–Crippen MR) is 219 cm³/mol. The Kier molecular flexibility index (Phi) is 36.8. The van der Waals surface area contributed by atoms with Crippen molar-refractivity contribution < 1.29 is 37.6 Å². The van der Waals surface area contributed by atoms with Crippen LogP contribution in [0, 0.1) is 0 Å². The van der Waals surface area contributed by atoms with Crippen molar-refractivity contribution in [1.82, 2.24) is 0 Å². The number of ether oxygens (including phenoxy) is 2. The monoisotopic (exact) mass is 761 g/mol. The maximum Gasteiger partial charge on any atom is 0.472 e. The number of carbonyl (C=O) groups is 2. The first-order chi connectivity index (χ1) is 25.8. The van der Waals surface area contributed by atoms with Crippen molar-refractivity contribution in [3.8, 4) is 0 Å². The van der Waals surface area contributed by atoms with Gasteiger partial charge in [0.05, 0.1) is 13.2 Å². The molecule has 0 fully saturated rings. The fraction of sp³-hybridized carbons (Fsp3) is 0.628. The van der Waals surface area contributed by atoms with E-state index < -0.39 is 32.5 Å². The van der Waals surface area contributed by atoms with Crippen LogP contribution in [0.2, 0.25) is 0 Å². The molecule has 1 unspecified atom stereocenters. The van der Waals surface area contributed by atoms with Gasteiger partial charge >= 0.3 is 19.8 Å². The number of hydrogen-bond acceptors (Lipinski definition) is 8. The van der Waals surface area contributed by atoms with Crippen LogP contribution in [0.4, 0.5) is 0 Å².